The Hall–Kier alpha value is -2.84. The Balaban J connectivity index is 1.72. The number of aromatic nitrogens is 2. The second-order valence-corrected chi connectivity index (χ2v) is 6.82. The van der Waals surface area contributed by atoms with Gasteiger partial charge in [0, 0.05) is 24.0 Å². The molecule has 1 saturated heterocycles. The highest BCUT2D eigenvalue weighted by Crippen LogP contribution is 2.36. The van der Waals surface area contributed by atoms with E-state index >= 15 is 0 Å². The molecule has 0 radical (unpaired) electrons. The quantitative estimate of drug-likeness (QED) is 0.884. The lowest BCUT2D eigenvalue weighted by molar-refractivity contribution is 0.104. The van der Waals surface area contributed by atoms with Crippen LogP contribution in [-0.4, -0.2) is 47.4 Å². The maximum absolute atomic E-state index is 13.2. The summed E-state index contributed by atoms with van der Waals surface area (Å²) >= 11 is 0. The van der Waals surface area contributed by atoms with Gasteiger partial charge in [-0.3, -0.25) is 0 Å². The van der Waals surface area contributed by atoms with Gasteiger partial charge in [0.15, 0.2) is 5.82 Å². The lowest BCUT2D eigenvalue weighted by Crippen LogP contribution is -2.38. The van der Waals surface area contributed by atoms with Gasteiger partial charge in [0.05, 0.1) is 12.1 Å². The number of halogens is 2. The molecule has 1 aromatic carbocycles. The number of anilines is 2. The zero-order valence-corrected chi connectivity index (χ0v) is 15.0. The number of alkyl halides is 2. The fourth-order valence-electron chi connectivity index (χ4n) is 3.29. The van der Waals surface area contributed by atoms with Crippen molar-refractivity contribution >= 4 is 17.6 Å². The number of ether oxygens (including phenoxy) is 2. The van der Waals surface area contributed by atoms with Crippen LogP contribution in [0.1, 0.15) is 13.8 Å². The Labute approximate surface area is 154 Å². The van der Waals surface area contributed by atoms with Crippen LogP contribution in [0.15, 0.2) is 24.4 Å². The standard InChI is InChI=1S/C18H20F2N4O3/c1-10(2)21-11-3-4-12-14(7-11)26-6-5-23-8-15(22-17(12)23)24-13(16(19)20)9-27-18(24)25/h3-4,7-8,10,13,16,21H,5-6,9H2,1-2H3/t13-/m0/s1. The Morgan fingerprint density at radius 3 is 2.85 bits per heavy atom. The average molecular weight is 378 g/mol. The molecule has 1 atom stereocenters. The maximum atomic E-state index is 13.2. The molecule has 1 aromatic heterocycles. The minimum Gasteiger partial charge on any atom is -0.491 e. The number of cyclic esters (lactones) is 1. The molecule has 3 heterocycles. The third kappa shape index (κ3) is 3.17. The number of imidazole rings is 1. The van der Waals surface area contributed by atoms with Crippen molar-refractivity contribution in [2.45, 2.75) is 38.9 Å². The Morgan fingerprint density at radius 2 is 2.11 bits per heavy atom. The summed E-state index contributed by atoms with van der Waals surface area (Å²) in [5.41, 5.74) is 1.67. The van der Waals surface area contributed by atoms with Crippen molar-refractivity contribution < 1.29 is 23.0 Å². The minimum absolute atomic E-state index is 0.162. The van der Waals surface area contributed by atoms with Crippen molar-refractivity contribution in [1.82, 2.24) is 9.55 Å². The second kappa shape index (κ2) is 6.71. The Morgan fingerprint density at radius 1 is 1.30 bits per heavy atom. The van der Waals surface area contributed by atoms with Crippen LogP contribution >= 0.6 is 0 Å². The molecule has 27 heavy (non-hydrogen) atoms. The molecule has 0 spiro atoms. The first-order chi connectivity index (χ1) is 12.9. The number of benzene rings is 1. The highest BCUT2D eigenvalue weighted by molar-refractivity contribution is 5.89. The van der Waals surface area contributed by atoms with Gasteiger partial charge in [0.1, 0.15) is 30.8 Å². The predicted octanol–water partition coefficient (Wildman–Crippen LogP) is 3.35. The summed E-state index contributed by atoms with van der Waals surface area (Å²) in [4.78, 5) is 17.3. The molecule has 9 heteroatoms. The van der Waals surface area contributed by atoms with Crippen molar-refractivity contribution in [3.63, 3.8) is 0 Å². The molecule has 0 aliphatic carbocycles. The lowest BCUT2D eigenvalue weighted by Gasteiger charge is -2.17. The smallest absolute Gasteiger partial charge is 0.416 e. The van der Waals surface area contributed by atoms with Gasteiger partial charge in [-0.25, -0.2) is 23.5 Å². The number of hydrogen-bond donors (Lipinski definition) is 1. The molecule has 1 N–H and O–H groups in total. The summed E-state index contributed by atoms with van der Waals surface area (Å²) in [7, 11) is 0. The molecule has 1 fully saturated rings. The SMILES string of the molecule is CC(C)Nc1ccc2c(c1)OCCn1cc(N3C(=O)OC[C@H]3C(F)F)nc1-2. The van der Waals surface area contributed by atoms with E-state index in [2.05, 4.69) is 10.3 Å². The van der Waals surface area contributed by atoms with E-state index in [1.165, 1.54) is 0 Å². The van der Waals surface area contributed by atoms with Gasteiger partial charge in [-0.15, -0.1) is 0 Å². The molecule has 0 bridgehead atoms. The van der Waals surface area contributed by atoms with E-state index in [9.17, 15) is 13.6 Å². The summed E-state index contributed by atoms with van der Waals surface area (Å²) in [6.07, 6.45) is -1.92. The Bertz CT molecular complexity index is 868. The zero-order chi connectivity index (χ0) is 19.1. The van der Waals surface area contributed by atoms with Crippen LogP contribution < -0.4 is 15.0 Å². The van der Waals surface area contributed by atoms with Crippen molar-refractivity contribution in [3.8, 4) is 17.1 Å². The average Bonchev–Trinajstić information content (AvgIpc) is 3.14. The van der Waals surface area contributed by atoms with Crippen LogP contribution in [0, 0.1) is 0 Å². The summed E-state index contributed by atoms with van der Waals surface area (Å²) in [6, 6.07) is 4.63. The van der Waals surface area contributed by atoms with Crippen LogP contribution in [0.3, 0.4) is 0 Å². The molecule has 144 valence electrons. The van der Waals surface area contributed by atoms with E-state index in [4.69, 9.17) is 9.47 Å². The number of carbonyl (C=O) groups excluding carboxylic acids is 1. The fourth-order valence-corrected chi connectivity index (χ4v) is 3.29. The van der Waals surface area contributed by atoms with Crippen LogP contribution in [-0.2, 0) is 11.3 Å². The van der Waals surface area contributed by atoms with Gasteiger partial charge in [0.25, 0.3) is 6.43 Å². The van der Waals surface area contributed by atoms with Crippen LogP contribution in [0.25, 0.3) is 11.4 Å². The first-order valence-corrected chi connectivity index (χ1v) is 8.79. The number of carbonyl (C=O) groups is 1. The number of amides is 1. The van der Waals surface area contributed by atoms with E-state index in [0.29, 0.717) is 24.7 Å². The van der Waals surface area contributed by atoms with Gasteiger partial charge in [-0.2, -0.15) is 0 Å². The van der Waals surface area contributed by atoms with Gasteiger partial charge >= 0.3 is 6.09 Å². The molecule has 2 aromatic rings. The molecule has 2 aliphatic heterocycles. The summed E-state index contributed by atoms with van der Waals surface area (Å²) in [5, 5.41) is 3.31. The summed E-state index contributed by atoms with van der Waals surface area (Å²) in [6.45, 7) is 4.64. The minimum atomic E-state index is -2.71. The Kier molecular flexibility index (Phi) is 4.37. The molecule has 2 aliphatic rings. The first kappa shape index (κ1) is 17.6. The number of nitrogens with zero attached hydrogens (tertiary/aromatic N) is 3. The molecule has 1 amide bonds. The predicted molar refractivity (Wildman–Crippen MR) is 95.5 cm³/mol. The topological polar surface area (TPSA) is 68.6 Å². The number of nitrogens with one attached hydrogen (secondary N) is 1. The van der Waals surface area contributed by atoms with Gasteiger partial charge in [-0.05, 0) is 26.0 Å². The molecule has 7 nitrogen and oxygen atoms in total. The van der Waals surface area contributed by atoms with E-state index in [1.807, 2.05) is 36.6 Å². The van der Waals surface area contributed by atoms with E-state index in [-0.39, 0.29) is 18.5 Å². The van der Waals surface area contributed by atoms with Crippen LogP contribution in [0.4, 0.5) is 25.1 Å². The van der Waals surface area contributed by atoms with Crippen LogP contribution in [0.5, 0.6) is 5.75 Å². The summed E-state index contributed by atoms with van der Waals surface area (Å²) < 4.78 is 38.9. The molecular weight excluding hydrogens is 358 g/mol. The summed E-state index contributed by atoms with van der Waals surface area (Å²) in [5.74, 6) is 1.39. The van der Waals surface area contributed by atoms with Crippen molar-refractivity contribution in [2.24, 2.45) is 0 Å². The van der Waals surface area contributed by atoms with Crippen molar-refractivity contribution in [2.75, 3.05) is 23.4 Å². The second-order valence-electron chi connectivity index (χ2n) is 6.82. The zero-order valence-electron chi connectivity index (χ0n) is 15.0. The molecular formula is C18H20F2N4O3. The lowest BCUT2D eigenvalue weighted by atomic mass is 10.1. The van der Waals surface area contributed by atoms with E-state index in [1.54, 1.807) is 6.20 Å². The normalized spacial score (nSPS) is 18.8. The molecule has 0 saturated carbocycles. The monoisotopic (exact) mass is 378 g/mol. The fraction of sp³-hybridized carbons (Fsp3) is 0.444. The third-order valence-corrected chi connectivity index (χ3v) is 4.48. The molecule has 0 unspecified atom stereocenters. The largest absolute Gasteiger partial charge is 0.491 e. The van der Waals surface area contributed by atoms with Gasteiger partial charge < -0.3 is 19.4 Å². The number of rotatable bonds is 4. The van der Waals surface area contributed by atoms with Crippen molar-refractivity contribution in [1.29, 1.82) is 0 Å². The first-order valence-electron chi connectivity index (χ1n) is 8.79. The van der Waals surface area contributed by atoms with E-state index < -0.39 is 18.6 Å². The third-order valence-electron chi connectivity index (χ3n) is 4.48. The highest BCUT2D eigenvalue weighted by atomic mass is 19.3. The van der Waals surface area contributed by atoms with Crippen molar-refractivity contribution in [3.05, 3.63) is 24.4 Å². The van der Waals surface area contributed by atoms with Gasteiger partial charge in [0.2, 0.25) is 0 Å². The number of hydrogen-bond acceptors (Lipinski definition) is 5. The molecule has 4 rings (SSSR count). The highest BCUT2D eigenvalue weighted by Gasteiger charge is 2.42. The van der Waals surface area contributed by atoms with E-state index in [0.717, 1.165) is 16.2 Å². The number of fused-ring (bicyclic) bond motifs is 3. The maximum Gasteiger partial charge on any atom is 0.416 e. The van der Waals surface area contributed by atoms with Gasteiger partial charge in [-0.1, -0.05) is 0 Å². The van der Waals surface area contributed by atoms with Crippen LogP contribution in [0.2, 0.25) is 0 Å².